The van der Waals surface area contributed by atoms with Crippen LogP contribution in [0.15, 0.2) is 4.34 Å². The fourth-order valence-corrected chi connectivity index (χ4v) is 3.55. The summed E-state index contributed by atoms with van der Waals surface area (Å²) in [4.78, 5) is 24.7. The van der Waals surface area contributed by atoms with Gasteiger partial charge < -0.3 is 5.73 Å². The standard InChI is InChI=1S/C11H16N4O2S2/c1-3-8(16)15(7-4-5-7)10-13-14-11(19-10)18-6(2)9(12)17/h6-7H,3-5H2,1-2H3,(H2,12,17). The van der Waals surface area contributed by atoms with Crippen LogP contribution >= 0.6 is 23.1 Å². The Morgan fingerprint density at radius 3 is 2.74 bits per heavy atom. The number of hydrogen-bond donors (Lipinski definition) is 1. The highest BCUT2D eigenvalue weighted by atomic mass is 32.2. The minimum atomic E-state index is -0.384. The van der Waals surface area contributed by atoms with Crippen molar-refractivity contribution in [3.63, 3.8) is 0 Å². The first-order chi connectivity index (χ1) is 9.02. The summed E-state index contributed by atoms with van der Waals surface area (Å²) in [5.41, 5.74) is 5.21. The van der Waals surface area contributed by atoms with Gasteiger partial charge in [-0.25, -0.2) is 0 Å². The highest BCUT2D eigenvalue weighted by molar-refractivity contribution is 8.02. The van der Waals surface area contributed by atoms with E-state index in [1.807, 2.05) is 6.92 Å². The number of amides is 2. The Bertz CT molecular complexity index is 487. The van der Waals surface area contributed by atoms with Crippen molar-refractivity contribution in [1.82, 2.24) is 10.2 Å². The first-order valence-electron chi connectivity index (χ1n) is 6.14. The van der Waals surface area contributed by atoms with Gasteiger partial charge in [0, 0.05) is 12.5 Å². The zero-order valence-corrected chi connectivity index (χ0v) is 12.5. The molecule has 1 saturated carbocycles. The Kier molecular flexibility index (Phi) is 4.41. The maximum Gasteiger partial charge on any atom is 0.230 e. The Labute approximate surface area is 119 Å². The number of thioether (sulfide) groups is 1. The van der Waals surface area contributed by atoms with Crippen molar-refractivity contribution in [1.29, 1.82) is 0 Å². The molecule has 8 heteroatoms. The Balaban J connectivity index is 2.10. The average molecular weight is 300 g/mol. The summed E-state index contributed by atoms with van der Waals surface area (Å²) in [6.45, 7) is 3.56. The van der Waals surface area contributed by atoms with Gasteiger partial charge in [-0.2, -0.15) is 0 Å². The summed E-state index contributed by atoms with van der Waals surface area (Å²) in [6, 6.07) is 0.270. The molecule has 0 radical (unpaired) electrons. The third-order valence-electron chi connectivity index (χ3n) is 2.76. The number of aromatic nitrogens is 2. The third kappa shape index (κ3) is 3.44. The molecule has 1 aromatic heterocycles. The number of hydrogen-bond acceptors (Lipinski definition) is 6. The molecule has 1 aliphatic carbocycles. The number of carbonyl (C=O) groups is 2. The summed E-state index contributed by atoms with van der Waals surface area (Å²) >= 11 is 2.61. The van der Waals surface area contributed by atoms with E-state index in [4.69, 9.17) is 5.73 Å². The molecule has 0 aromatic carbocycles. The number of anilines is 1. The molecule has 104 valence electrons. The maximum absolute atomic E-state index is 11.9. The Morgan fingerprint density at radius 1 is 1.53 bits per heavy atom. The van der Waals surface area contributed by atoms with Crippen LogP contribution in [0.25, 0.3) is 0 Å². The zero-order chi connectivity index (χ0) is 14.0. The average Bonchev–Trinajstić information content (AvgIpc) is 3.10. The van der Waals surface area contributed by atoms with Crippen LogP contribution in [0.4, 0.5) is 5.13 Å². The van der Waals surface area contributed by atoms with Crippen LogP contribution in [0, 0.1) is 0 Å². The van der Waals surface area contributed by atoms with Crippen LogP contribution in [0.3, 0.4) is 0 Å². The fourth-order valence-electron chi connectivity index (χ4n) is 1.53. The number of primary amides is 1. The molecule has 0 spiro atoms. The predicted molar refractivity (Wildman–Crippen MR) is 75.2 cm³/mol. The van der Waals surface area contributed by atoms with Crippen molar-refractivity contribution < 1.29 is 9.59 Å². The van der Waals surface area contributed by atoms with Gasteiger partial charge in [0.05, 0.1) is 5.25 Å². The summed E-state index contributed by atoms with van der Waals surface area (Å²) in [6.07, 6.45) is 2.49. The van der Waals surface area contributed by atoms with Gasteiger partial charge in [0.15, 0.2) is 4.34 Å². The van der Waals surface area contributed by atoms with E-state index >= 15 is 0 Å². The monoisotopic (exact) mass is 300 g/mol. The molecular formula is C11H16N4O2S2. The molecule has 1 unspecified atom stereocenters. The van der Waals surface area contributed by atoms with Gasteiger partial charge in [-0.05, 0) is 19.8 Å². The number of nitrogens with zero attached hydrogens (tertiary/aromatic N) is 3. The van der Waals surface area contributed by atoms with Gasteiger partial charge in [0.2, 0.25) is 16.9 Å². The Morgan fingerprint density at radius 2 is 2.21 bits per heavy atom. The van der Waals surface area contributed by atoms with E-state index in [9.17, 15) is 9.59 Å². The lowest BCUT2D eigenvalue weighted by Gasteiger charge is -2.17. The minimum Gasteiger partial charge on any atom is -0.369 e. The summed E-state index contributed by atoms with van der Waals surface area (Å²) in [5, 5.41) is 8.35. The van der Waals surface area contributed by atoms with Crippen LogP contribution in [0.5, 0.6) is 0 Å². The summed E-state index contributed by atoms with van der Waals surface area (Å²) in [7, 11) is 0. The van der Waals surface area contributed by atoms with Crippen molar-refractivity contribution in [3.8, 4) is 0 Å². The highest BCUT2D eigenvalue weighted by Gasteiger charge is 2.35. The maximum atomic E-state index is 11.9. The van der Waals surface area contributed by atoms with Crippen LogP contribution in [0.1, 0.15) is 33.1 Å². The number of nitrogens with two attached hydrogens (primary N) is 1. The van der Waals surface area contributed by atoms with Crippen LogP contribution in [-0.2, 0) is 9.59 Å². The van der Waals surface area contributed by atoms with Crippen molar-refractivity contribution in [2.45, 2.75) is 48.7 Å². The molecule has 2 N–H and O–H groups in total. The van der Waals surface area contributed by atoms with E-state index < -0.39 is 0 Å². The third-order valence-corrected chi connectivity index (χ3v) is 4.89. The molecule has 1 aliphatic rings. The van der Waals surface area contributed by atoms with Gasteiger partial charge in [-0.1, -0.05) is 30.0 Å². The molecule has 1 aromatic rings. The smallest absolute Gasteiger partial charge is 0.230 e. The molecular weight excluding hydrogens is 284 g/mol. The molecule has 0 aliphatic heterocycles. The number of carbonyl (C=O) groups excluding carboxylic acids is 2. The van der Waals surface area contributed by atoms with Gasteiger partial charge in [0.1, 0.15) is 0 Å². The predicted octanol–water partition coefficient (Wildman–Crippen LogP) is 1.41. The molecule has 1 heterocycles. The molecule has 1 atom stereocenters. The minimum absolute atomic E-state index is 0.0677. The van der Waals surface area contributed by atoms with Gasteiger partial charge in [0.25, 0.3) is 0 Å². The second kappa shape index (κ2) is 5.87. The van der Waals surface area contributed by atoms with Gasteiger partial charge >= 0.3 is 0 Å². The second-order valence-electron chi connectivity index (χ2n) is 4.36. The molecule has 2 rings (SSSR count). The molecule has 1 fully saturated rings. The topological polar surface area (TPSA) is 89.2 Å². The van der Waals surface area contributed by atoms with Gasteiger partial charge in [-0.15, -0.1) is 10.2 Å². The van der Waals surface area contributed by atoms with Crippen LogP contribution < -0.4 is 10.6 Å². The van der Waals surface area contributed by atoms with Crippen molar-refractivity contribution >= 4 is 40.0 Å². The summed E-state index contributed by atoms with van der Waals surface area (Å²) in [5.74, 6) is -0.316. The van der Waals surface area contributed by atoms with Crippen molar-refractivity contribution in [2.24, 2.45) is 5.73 Å². The van der Waals surface area contributed by atoms with E-state index in [0.717, 1.165) is 12.8 Å². The zero-order valence-electron chi connectivity index (χ0n) is 10.8. The normalized spacial score (nSPS) is 16.1. The first kappa shape index (κ1) is 14.3. The van der Waals surface area contributed by atoms with Crippen LogP contribution in [0.2, 0.25) is 0 Å². The van der Waals surface area contributed by atoms with Gasteiger partial charge in [-0.3, -0.25) is 14.5 Å². The van der Waals surface area contributed by atoms with Crippen molar-refractivity contribution in [2.75, 3.05) is 4.90 Å². The van der Waals surface area contributed by atoms with E-state index in [1.54, 1.807) is 11.8 Å². The molecule has 19 heavy (non-hydrogen) atoms. The van der Waals surface area contributed by atoms with E-state index in [2.05, 4.69) is 10.2 Å². The lowest BCUT2D eigenvalue weighted by Crippen LogP contribution is -2.32. The summed E-state index contributed by atoms with van der Waals surface area (Å²) < 4.78 is 0.663. The first-order valence-corrected chi connectivity index (χ1v) is 7.84. The second-order valence-corrected chi connectivity index (χ2v) is 6.91. The van der Waals surface area contributed by atoms with E-state index in [0.29, 0.717) is 15.9 Å². The molecule has 2 amide bonds. The SMILES string of the molecule is CCC(=O)N(c1nnc(SC(C)C(N)=O)s1)C1CC1. The Hall–Kier alpha value is -1.15. The highest BCUT2D eigenvalue weighted by Crippen LogP contribution is 2.36. The number of rotatable bonds is 6. The molecule has 0 bridgehead atoms. The largest absolute Gasteiger partial charge is 0.369 e. The van der Waals surface area contributed by atoms with E-state index in [-0.39, 0.29) is 23.1 Å². The lowest BCUT2D eigenvalue weighted by molar-refractivity contribution is -0.118. The van der Waals surface area contributed by atoms with E-state index in [1.165, 1.54) is 23.1 Å². The quantitative estimate of drug-likeness (QED) is 0.634. The fraction of sp³-hybridized carbons (Fsp3) is 0.636. The molecule has 6 nitrogen and oxygen atoms in total. The molecule has 0 saturated heterocycles. The van der Waals surface area contributed by atoms with Crippen molar-refractivity contribution in [3.05, 3.63) is 0 Å². The lowest BCUT2D eigenvalue weighted by atomic mass is 10.4. The van der Waals surface area contributed by atoms with Crippen LogP contribution in [-0.4, -0.2) is 33.3 Å².